The molecule has 1 aromatic carbocycles. The van der Waals surface area contributed by atoms with Gasteiger partial charge in [-0.3, -0.25) is 0 Å². The van der Waals surface area contributed by atoms with Gasteiger partial charge in [-0.2, -0.15) is 0 Å². The van der Waals surface area contributed by atoms with Gasteiger partial charge in [0.15, 0.2) is 0 Å². The highest BCUT2D eigenvalue weighted by Gasteiger charge is 2.29. The van der Waals surface area contributed by atoms with E-state index in [2.05, 4.69) is 53.7 Å². The monoisotopic (exact) mass is 318 g/mol. The molecule has 1 N–H and O–H groups in total. The number of unbranched alkanes of at least 4 members (excludes halogenated alkanes) is 5. The van der Waals surface area contributed by atoms with Gasteiger partial charge >= 0.3 is 0 Å². The van der Waals surface area contributed by atoms with Crippen LogP contribution in [0.15, 0.2) is 18.2 Å². The van der Waals surface area contributed by atoms with Gasteiger partial charge in [0.25, 0.3) is 0 Å². The molecule has 0 amide bonds. The number of hydrogen-bond acceptors (Lipinski definition) is 1. The fourth-order valence-corrected chi connectivity index (χ4v) is 3.81. The van der Waals surface area contributed by atoms with E-state index in [1.807, 2.05) is 6.07 Å². The Morgan fingerprint density at radius 2 is 1.48 bits per heavy atom. The van der Waals surface area contributed by atoms with Crippen molar-refractivity contribution in [2.24, 2.45) is 5.41 Å². The third-order valence-corrected chi connectivity index (χ3v) is 4.58. The summed E-state index contributed by atoms with van der Waals surface area (Å²) in [6.45, 7) is 13.6. The molecule has 23 heavy (non-hydrogen) atoms. The van der Waals surface area contributed by atoms with Crippen LogP contribution >= 0.6 is 0 Å². The highest BCUT2D eigenvalue weighted by molar-refractivity contribution is 5.41. The molecule has 1 heteroatoms. The molecule has 0 aliphatic carbocycles. The van der Waals surface area contributed by atoms with Gasteiger partial charge in [-0.15, -0.1) is 0 Å². The van der Waals surface area contributed by atoms with Crippen LogP contribution in [-0.2, 0) is 11.8 Å². The van der Waals surface area contributed by atoms with Crippen molar-refractivity contribution in [3.63, 3.8) is 0 Å². The number of hydrogen-bond donors (Lipinski definition) is 1. The third kappa shape index (κ3) is 7.42. The van der Waals surface area contributed by atoms with E-state index in [4.69, 9.17) is 0 Å². The lowest BCUT2D eigenvalue weighted by molar-refractivity contribution is 0.278. The van der Waals surface area contributed by atoms with Crippen LogP contribution in [0.3, 0.4) is 0 Å². The molecular formula is C22H38O. The maximum Gasteiger partial charge on any atom is 0.119 e. The number of phenolic OH excluding ortho intramolecular Hbond substituents is 1. The van der Waals surface area contributed by atoms with Crippen LogP contribution in [0, 0.1) is 5.41 Å². The van der Waals surface area contributed by atoms with Crippen molar-refractivity contribution in [3.8, 4) is 5.75 Å². The molecule has 0 aliphatic rings. The lowest BCUT2D eigenvalue weighted by Gasteiger charge is -2.33. The Balaban J connectivity index is 2.68. The predicted octanol–water partition coefficient (Wildman–Crippen LogP) is 7.01. The Morgan fingerprint density at radius 1 is 0.870 bits per heavy atom. The minimum atomic E-state index is -0.000527. The van der Waals surface area contributed by atoms with E-state index in [1.165, 1.54) is 44.1 Å². The van der Waals surface area contributed by atoms with Crippen molar-refractivity contribution in [1.29, 1.82) is 0 Å². The zero-order valence-corrected chi connectivity index (χ0v) is 16.3. The molecule has 0 bridgehead atoms. The van der Waals surface area contributed by atoms with E-state index in [1.54, 1.807) is 0 Å². The Bertz CT molecular complexity index is 465. The third-order valence-electron chi connectivity index (χ3n) is 4.58. The van der Waals surface area contributed by atoms with Crippen molar-refractivity contribution < 1.29 is 5.11 Å². The van der Waals surface area contributed by atoms with E-state index in [9.17, 15) is 5.11 Å². The zero-order valence-electron chi connectivity index (χ0n) is 16.3. The summed E-state index contributed by atoms with van der Waals surface area (Å²) in [7, 11) is 0. The summed E-state index contributed by atoms with van der Waals surface area (Å²) >= 11 is 0. The maximum absolute atomic E-state index is 10.3. The van der Waals surface area contributed by atoms with Crippen molar-refractivity contribution in [1.82, 2.24) is 0 Å². The first-order chi connectivity index (χ1) is 10.7. The summed E-state index contributed by atoms with van der Waals surface area (Å²) in [6.07, 6.45) is 10.2. The minimum Gasteiger partial charge on any atom is -0.508 e. The van der Waals surface area contributed by atoms with Gasteiger partial charge in [0, 0.05) is 0 Å². The molecule has 0 fully saturated rings. The summed E-state index contributed by atoms with van der Waals surface area (Å²) in [4.78, 5) is 0. The van der Waals surface area contributed by atoms with E-state index < -0.39 is 0 Å². The SMILES string of the molecule is CCCCCCCCc1ccc(O)c(C(C)(C)CC(C)(C)C)c1. The Morgan fingerprint density at radius 3 is 2.09 bits per heavy atom. The summed E-state index contributed by atoms with van der Waals surface area (Å²) < 4.78 is 0. The standard InChI is InChI=1S/C22H38O/c1-7-8-9-10-11-12-13-18-14-15-20(23)19(16-18)22(5,6)17-21(2,3)4/h14-16,23H,7-13,17H2,1-6H3. The Labute approximate surface area is 144 Å². The second-order valence-corrected chi connectivity index (χ2v) is 8.99. The van der Waals surface area contributed by atoms with Crippen LogP contribution in [0.25, 0.3) is 0 Å². The topological polar surface area (TPSA) is 20.2 Å². The quantitative estimate of drug-likeness (QED) is 0.485. The van der Waals surface area contributed by atoms with E-state index in [0.717, 1.165) is 18.4 Å². The molecule has 0 saturated heterocycles. The van der Waals surface area contributed by atoms with Crippen molar-refractivity contribution >= 4 is 0 Å². The molecule has 0 saturated carbocycles. The van der Waals surface area contributed by atoms with Gasteiger partial charge in [0.1, 0.15) is 5.75 Å². The van der Waals surface area contributed by atoms with Gasteiger partial charge in [0.2, 0.25) is 0 Å². The largest absolute Gasteiger partial charge is 0.508 e. The van der Waals surface area contributed by atoms with Crippen LogP contribution in [0.5, 0.6) is 5.75 Å². The van der Waals surface area contributed by atoms with Crippen LogP contribution in [0.4, 0.5) is 0 Å². The van der Waals surface area contributed by atoms with Gasteiger partial charge in [-0.1, -0.05) is 85.8 Å². The average Bonchev–Trinajstić information content (AvgIpc) is 2.41. The highest BCUT2D eigenvalue weighted by atomic mass is 16.3. The number of benzene rings is 1. The molecule has 0 atom stereocenters. The lowest BCUT2D eigenvalue weighted by Crippen LogP contribution is -2.25. The van der Waals surface area contributed by atoms with Gasteiger partial charge < -0.3 is 5.11 Å². The molecule has 1 aromatic rings. The van der Waals surface area contributed by atoms with Crippen molar-refractivity contribution in [2.75, 3.05) is 0 Å². The summed E-state index contributed by atoms with van der Waals surface area (Å²) in [6, 6.07) is 6.23. The molecule has 132 valence electrons. The molecule has 0 aliphatic heterocycles. The second-order valence-electron chi connectivity index (χ2n) is 8.99. The molecule has 0 radical (unpaired) electrons. The van der Waals surface area contributed by atoms with Crippen LogP contribution < -0.4 is 0 Å². The Kier molecular flexibility index (Phi) is 7.64. The fraction of sp³-hybridized carbons (Fsp3) is 0.727. The van der Waals surface area contributed by atoms with Crippen LogP contribution in [-0.4, -0.2) is 5.11 Å². The van der Waals surface area contributed by atoms with E-state index in [0.29, 0.717) is 5.75 Å². The first-order valence-corrected chi connectivity index (χ1v) is 9.48. The van der Waals surface area contributed by atoms with Crippen LogP contribution in [0.2, 0.25) is 0 Å². The van der Waals surface area contributed by atoms with E-state index >= 15 is 0 Å². The summed E-state index contributed by atoms with van der Waals surface area (Å²) in [5.74, 6) is 0.450. The number of rotatable bonds is 9. The molecule has 0 heterocycles. The number of phenols is 1. The molecular weight excluding hydrogens is 280 g/mol. The Hall–Kier alpha value is -0.980. The van der Waals surface area contributed by atoms with Gasteiger partial charge in [-0.05, 0) is 47.3 Å². The normalized spacial score (nSPS) is 12.6. The number of aryl methyl sites for hydroxylation is 1. The van der Waals surface area contributed by atoms with Gasteiger partial charge in [-0.25, -0.2) is 0 Å². The molecule has 1 rings (SSSR count). The molecule has 0 spiro atoms. The highest BCUT2D eigenvalue weighted by Crippen LogP contribution is 2.40. The predicted molar refractivity (Wildman–Crippen MR) is 102 cm³/mol. The first-order valence-electron chi connectivity index (χ1n) is 9.48. The molecule has 0 aromatic heterocycles. The molecule has 0 unspecified atom stereocenters. The second kappa shape index (κ2) is 8.76. The van der Waals surface area contributed by atoms with Crippen molar-refractivity contribution in [3.05, 3.63) is 29.3 Å². The lowest BCUT2D eigenvalue weighted by atomic mass is 9.71. The average molecular weight is 319 g/mol. The smallest absolute Gasteiger partial charge is 0.119 e. The minimum absolute atomic E-state index is 0.000527. The van der Waals surface area contributed by atoms with E-state index in [-0.39, 0.29) is 10.8 Å². The van der Waals surface area contributed by atoms with Gasteiger partial charge in [0.05, 0.1) is 0 Å². The fourth-order valence-electron chi connectivity index (χ4n) is 3.81. The van der Waals surface area contributed by atoms with Crippen LogP contribution in [0.1, 0.15) is 97.6 Å². The summed E-state index contributed by atoms with van der Waals surface area (Å²) in [5.41, 5.74) is 2.73. The summed E-state index contributed by atoms with van der Waals surface area (Å²) in [5, 5.41) is 10.3. The van der Waals surface area contributed by atoms with Crippen molar-refractivity contribution in [2.45, 2.75) is 98.3 Å². The number of aromatic hydroxyl groups is 1. The molecule has 1 nitrogen and oxygen atoms in total. The maximum atomic E-state index is 10.3. The zero-order chi connectivity index (χ0) is 17.5. The first kappa shape index (κ1) is 20.1.